The lowest BCUT2D eigenvalue weighted by Crippen LogP contribution is -2.39. The third kappa shape index (κ3) is 2.83. The largest absolute Gasteiger partial charge is 0.479 e. The molecule has 0 aliphatic heterocycles. The fourth-order valence-electron chi connectivity index (χ4n) is 0.310. The lowest BCUT2D eigenvalue weighted by Gasteiger charge is -2.09. The zero-order valence-corrected chi connectivity index (χ0v) is 6.69. The van der Waals surface area contributed by atoms with Gasteiger partial charge in [0.2, 0.25) is 0 Å². The second kappa shape index (κ2) is 4.27. The van der Waals surface area contributed by atoms with Gasteiger partial charge in [-0.2, -0.15) is 0 Å². The molecule has 11 heavy (non-hydrogen) atoms. The van der Waals surface area contributed by atoms with Crippen LogP contribution < -0.4 is 0 Å². The van der Waals surface area contributed by atoms with Crippen LogP contribution in [0.4, 0.5) is 0 Å². The number of aliphatic carboxylic acids is 1. The van der Waals surface area contributed by atoms with Crippen molar-refractivity contribution in [3.8, 4) is 0 Å². The maximum Gasteiger partial charge on any atom is 0.349 e. The van der Waals surface area contributed by atoms with Gasteiger partial charge in [0.25, 0.3) is 0 Å². The molecule has 0 saturated carbocycles. The van der Waals surface area contributed by atoms with Crippen LogP contribution in [0.25, 0.3) is 0 Å². The molecule has 0 aromatic heterocycles. The van der Waals surface area contributed by atoms with E-state index < -0.39 is 24.1 Å². The molecule has 0 saturated heterocycles. The first kappa shape index (κ1) is 10.3. The molecule has 0 fully saturated rings. The van der Waals surface area contributed by atoms with Crippen LogP contribution in [0.1, 0.15) is 0 Å². The van der Waals surface area contributed by atoms with Crippen LogP contribution in [0, 0.1) is 0 Å². The first-order chi connectivity index (χ1) is 5.00. The Bertz CT molecular complexity index is 168. The number of carbonyl (C=O) groups is 2. The molecule has 0 bridgehead atoms. The molecule has 0 aromatic carbocycles. The van der Waals surface area contributed by atoms with Crippen molar-refractivity contribution < 1.29 is 28.7 Å². The number of aliphatic hydroxyl groups is 2. The second-order valence-corrected chi connectivity index (χ2v) is 1.95. The van der Waals surface area contributed by atoms with Gasteiger partial charge in [-0.3, -0.25) is 0 Å². The molecule has 2 unspecified atom stereocenters. The Morgan fingerprint density at radius 3 is 2.00 bits per heavy atom. The molecule has 3 N–H and O–H groups in total. The summed E-state index contributed by atoms with van der Waals surface area (Å²) in [5.41, 5.74) is 0. The van der Waals surface area contributed by atoms with E-state index in [1.165, 1.54) is 0 Å². The van der Waals surface area contributed by atoms with Gasteiger partial charge in [0, 0.05) is 0 Å². The van der Waals surface area contributed by atoms with Crippen LogP contribution in [0.2, 0.25) is 0 Å². The molecule has 0 amide bonds. The lowest BCUT2D eigenvalue weighted by molar-refractivity contribution is -0.163. The highest BCUT2D eigenvalue weighted by Crippen LogP contribution is 1.99. The minimum absolute atomic E-state index is 1.26. The zero-order valence-electron chi connectivity index (χ0n) is 5.10. The molecule has 0 aliphatic carbocycles. The summed E-state index contributed by atoms with van der Waals surface area (Å²) in [7, 11) is 0. The molecular formula is C4H5BrO6. The fraction of sp³-hybridized carbons (Fsp3) is 0.500. The van der Waals surface area contributed by atoms with E-state index in [1.54, 1.807) is 0 Å². The van der Waals surface area contributed by atoms with E-state index in [1.807, 2.05) is 0 Å². The zero-order chi connectivity index (χ0) is 9.02. The fourth-order valence-corrected chi connectivity index (χ4v) is 0.501. The number of rotatable bonds is 3. The first-order valence-corrected chi connectivity index (χ1v) is 3.06. The van der Waals surface area contributed by atoms with E-state index in [9.17, 15) is 9.59 Å². The summed E-state index contributed by atoms with van der Waals surface area (Å²) in [6, 6.07) is 0. The highest BCUT2D eigenvalue weighted by molar-refractivity contribution is 9.06. The SMILES string of the molecule is O=C(O)C(O)C(O)C(=O)OBr. The van der Waals surface area contributed by atoms with Gasteiger partial charge >= 0.3 is 11.9 Å². The smallest absolute Gasteiger partial charge is 0.349 e. The Balaban J connectivity index is 4.12. The van der Waals surface area contributed by atoms with Crippen LogP contribution >= 0.6 is 16.3 Å². The molecule has 64 valence electrons. The third-order valence-corrected chi connectivity index (χ3v) is 1.19. The van der Waals surface area contributed by atoms with E-state index in [2.05, 4.69) is 20.1 Å². The van der Waals surface area contributed by atoms with Crippen LogP contribution in [-0.4, -0.2) is 39.5 Å². The second-order valence-electron chi connectivity index (χ2n) is 1.62. The molecule has 7 heteroatoms. The van der Waals surface area contributed by atoms with Gasteiger partial charge in [-0.15, -0.1) is 0 Å². The first-order valence-electron chi connectivity index (χ1n) is 2.42. The Hall–Kier alpha value is -0.660. The highest BCUT2D eigenvalue weighted by Gasteiger charge is 2.31. The maximum absolute atomic E-state index is 10.3. The lowest BCUT2D eigenvalue weighted by atomic mass is 10.2. The Morgan fingerprint density at radius 1 is 1.27 bits per heavy atom. The molecule has 0 rings (SSSR count). The Kier molecular flexibility index (Phi) is 4.01. The molecular weight excluding hydrogens is 224 g/mol. The average molecular weight is 229 g/mol. The van der Waals surface area contributed by atoms with Crippen molar-refractivity contribution in [1.82, 2.24) is 0 Å². The maximum atomic E-state index is 10.3. The molecule has 0 heterocycles. The van der Waals surface area contributed by atoms with E-state index in [0.717, 1.165) is 0 Å². The number of carboxylic acids is 1. The van der Waals surface area contributed by atoms with Gasteiger partial charge in [0.1, 0.15) is 0 Å². The Morgan fingerprint density at radius 2 is 1.73 bits per heavy atom. The van der Waals surface area contributed by atoms with Gasteiger partial charge in [-0.25, -0.2) is 9.59 Å². The standard InChI is InChI=1S/C4H5BrO6/c5-11-4(10)2(7)1(6)3(8)9/h1-2,6-7H,(H,8,9). The van der Waals surface area contributed by atoms with Gasteiger partial charge in [0.05, 0.1) is 0 Å². The summed E-state index contributed by atoms with van der Waals surface area (Å²) in [6.07, 6.45) is -4.24. The van der Waals surface area contributed by atoms with Crippen molar-refractivity contribution in [2.75, 3.05) is 0 Å². The predicted molar refractivity (Wildman–Crippen MR) is 34.7 cm³/mol. The van der Waals surface area contributed by atoms with Crippen molar-refractivity contribution in [3.63, 3.8) is 0 Å². The minimum Gasteiger partial charge on any atom is -0.479 e. The van der Waals surface area contributed by atoms with E-state index in [4.69, 9.17) is 15.3 Å². The van der Waals surface area contributed by atoms with Crippen molar-refractivity contribution in [3.05, 3.63) is 0 Å². The minimum atomic E-state index is -2.17. The van der Waals surface area contributed by atoms with Crippen molar-refractivity contribution in [2.24, 2.45) is 0 Å². The van der Waals surface area contributed by atoms with Crippen LogP contribution in [0.5, 0.6) is 0 Å². The van der Waals surface area contributed by atoms with Gasteiger partial charge < -0.3 is 19.1 Å². The monoisotopic (exact) mass is 228 g/mol. The van der Waals surface area contributed by atoms with Crippen molar-refractivity contribution >= 4 is 28.2 Å². The van der Waals surface area contributed by atoms with Gasteiger partial charge in [-0.05, 0) is 0 Å². The van der Waals surface area contributed by atoms with Gasteiger partial charge in [0.15, 0.2) is 28.5 Å². The molecule has 6 nitrogen and oxygen atoms in total. The number of carbonyl (C=O) groups excluding carboxylic acids is 1. The number of hydrogen-bond acceptors (Lipinski definition) is 5. The summed E-state index contributed by atoms with van der Waals surface area (Å²) in [4.78, 5) is 20.2. The highest BCUT2D eigenvalue weighted by atomic mass is 79.9. The average Bonchev–Trinajstić information content (AvgIpc) is 2.00. The Labute approximate surface area is 69.8 Å². The summed E-state index contributed by atoms with van der Waals surface area (Å²) in [6.45, 7) is 0. The molecule has 2 atom stereocenters. The summed E-state index contributed by atoms with van der Waals surface area (Å²) >= 11 is 2.22. The number of halogens is 1. The molecule has 0 radical (unpaired) electrons. The molecule has 0 aliphatic rings. The molecule has 0 spiro atoms. The van der Waals surface area contributed by atoms with Crippen molar-refractivity contribution in [2.45, 2.75) is 12.2 Å². The normalized spacial score (nSPS) is 15.2. The van der Waals surface area contributed by atoms with Crippen LogP contribution in [0.3, 0.4) is 0 Å². The van der Waals surface area contributed by atoms with Crippen LogP contribution in [0.15, 0.2) is 0 Å². The van der Waals surface area contributed by atoms with E-state index >= 15 is 0 Å². The van der Waals surface area contributed by atoms with E-state index in [-0.39, 0.29) is 0 Å². The van der Waals surface area contributed by atoms with E-state index in [0.29, 0.717) is 0 Å². The quantitative estimate of drug-likeness (QED) is 0.552. The van der Waals surface area contributed by atoms with Gasteiger partial charge in [-0.1, -0.05) is 0 Å². The predicted octanol–water partition coefficient (Wildman–Crippen LogP) is -1.35. The molecule has 0 aromatic rings. The number of aliphatic hydroxyl groups excluding tert-OH is 2. The van der Waals surface area contributed by atoms with Crippen LogP contribution in [-0.2, 0) is 13.4 Å². The topological polar surface area (TPSA) is 104 Å². The number of hydrogen-bond donors (Lipinski definition) is 3. The number of carboxylic acid groups (broad SMARTS) is 1. The third-order valence-electron chi connectivity index (χ3n) is 0.870. The summed E-state index contributed by atoms with van der Waals surface area (Å²) in [5.74, 6) is -2.96. The summed E-state index contributed by atoms with van der Waals surface area (Å²) in [5, 5.41) is 25.2. The van der Waals surface area contributed by atoms with Crippen molar-refractivity contribution in [1.29, 1.82) is 0 Å². The summed E-state index contributed by atoms with van der Waals surface area (Å²) < 4.78 is 3.78.